The van der Waals surface area contributed by atoms with E-state index in [0.717, 1.165) is 29.8 Å². The van der Waals surface area contributed by atoms with Crippen molar-refractivity contribution < 1.29 is 18.0 Å². The first-order valence-electron chi connectivity index (χ1n) is 8.58. The number of anilines is 3. The third-order valence-corrected chi connectivity index (χ3v) is 4.47. The van der Waals surface area contributed by atoms with E-state index in [9.17, 15) is 18.0 Å². The smallest absolute Gasteiger partial charge is 0.339 e. The Kier molecular flexibility index (Phi) is 4.46. The van der Waals surface area contributed by atoms with Crippen LogP contribution in [0.1, 0.15) is 21.6 Å². The average Bonchev–Trinajstić information content (AvgIpc) is 3.12. The molecule has 0 radical (unpaired) electrons. The highest BCUT2D eigenvalue weighted by Crippen LogP contribution is 2.31. The molecule has 0 spiro atoms. The van der Waals surface area contributed by atoms with Crippen molar-refractivity contribution in [2.45, 2.75) is 12.6 Å². The van der Waals surface area contributed by atoms with Gasteiger partial charge in [-0.15, -0.1) is 0 Å². The van der Waals surface area contributed by atoms with Crippen LogP contribution >= 0.6 is 0 Å². The number of benzene rings is 2. The summed E-state index contributed by atoms with van der Waals surface area (Å²) in [4.78, 5) is 22.6. The number of rotatable bonds is 3. The standard InChI is InChI=1S/C20H15F3N4O/c21-20(22,23)14-5-3-6-15(10-14)26-18-12-24-16(11-25-18)19(28)27-9-8-13-4-1-2-7-17(13)27/h1-7,10-12H,8-9H2,(H,25,26). The number of nitrogens with one attached hydrogen (secondary N) is 1. The third-order valence-electron chi connectivity index (χ3n) is 4.47. The SMILES string of the molecule is O=C(c1cnc(Nc2cccc(C(F)(F)F)c2)cn1)N1CCc2ccccc21. The highest BCUT2D eigenvalue weighted by atomic mass is 19.4. The van der Waals surface area contributed by atoms with E-state index in [2.05, 4.69) is 15.3 Å². The number of carbonyl (C=O) groups is 1. The quantitative estimate of drug-likeness (QED) is 0.725. The molecule has 1 aliphatic heterocycles. The number of amides is 1. The van der Waals surface area contributed by atoms with Crippen LogP contribution in [-0.2, 0) is 12.6 Å². The van der Waals surface area contributed by atoms with Gasteiger partial charge in [-0.25, -0.2) is 9.97 Å². The predicted octanol–water partition coefficient (Wildman–Crippen LogP) is 4.44. The maximum Gasteiger partial charge on any atom is 0.416 e. The molecule has 1 N–H and O–H groups in total. The molecule has 0 atom stereocenters. The summed E-state index contributed by atoms with van der Waals surface area (Å²) in [6, 6.07) is 12.5. The van der Waals surface area contributed by atoms with Crippen molar-refractivity contribution in [1.29, 1.82) is 0 Å². The minimum atomic E-state index is -4.42. The fourth-order valence-electron chi connectivity index (χ4n) is 3.11. The van der Waals surface area contributed by atoms with Crippen molar-refractivity contribution in [3.63, 3.8) is 0 Å². The van der Waals surface area contributed by atoms with Crippen LogP contribution in [0.25, 0.3) is 0 Å². The highest BCUT2D eigenvalue weighted by Gasteiger charge is 2.30. The van der Waals surface area contributed by atoms with Gasteiger partial charge in [0.05, 0.1) is 18.0 Å². The van der Waals surface area contributed by atoms with Crippen LogP contribution in [0.4, 0.5) is 30.4 Å². The van der Waals surface area contributed by atoms with E-state index in [1.54, 1.807) is 4.90 Å². The van der Waals surface area contributed by atoms with Gasteiger partial charge < -0.3 is 10.2 Å². The minimum Gasteiger partial charge on any atom is -0.339 e. The van der Waals surface area contributed by atoms with E-state index >= 15 is 0 Å². The van der Waals surface area contributed by atoms with E-state index in [4.69, 9.17) is 0 Å². The molecule has 0 saturated carbocycles. The Morgan fingerprint density at radius 1 is 1.04 bits per heavy atom. The molecule has 2 aromatic carbocycles. The molecule has 142 valence electrons. The Balaban J connectivity index is 1.50. The zero-order valence-electron chi connectivity index (χ0n) is 14.6. The second kappa shape index (κ2) is 6.95. The van der Waals surface area contributed by atoms with Gasteiger partial charge in [-0.3, -0.25) is 4.79 Å². The first-order valence-corrected chi connectivity index (χ1v) is 8.58. The highest BCUT2D eigenvalue weighted by molar-refractivity contribution is 6.05. The van der Waals surface area contributed by atoms with Gasteiger partial charge in [0.1, 0.15) is 11.5 Å². The van der Waals surface area contributed by atoms with Crippen LogP contribution < -0.4 is 10.2 Å². The van der Waals surface area contributed by atoms with Crippen molar-refractivity contribution >= 4 is 23.1 Å². The number of hydrogen-bond acceptors (Lipinski definition) is 4. The molecule has 3 aromatic rings. The molecule has 5 nitrogen and oxygen atoms in total. The van der Waals surface area contributed by atoms with Crippen LogP contribution in [0.15, 0.2) is 60.9 Å². The zero-order chi connectivity index (χ0) is 19.7. The predicted molar refractivity (Wildman–Crippen MR) is 98.6 cm³/mol. The Morgan fingerprint density at radius 3 is 2.61 bits per heavy atom. The number of carbonyl (C=O) groups excluding carboxylic acids is 1. The third kappa shape index (κ3) is 3.53. The summed E-state index contributed by atoms with van der Waals surface area (Å²) in [5.74, 6) is -0.0132. The molecule has 8 heteroatoms. The summed E-state index contributed by atoms with van der Waals surface area (Å²) < 4.78 is 38.4. The topological polar surface area (TPSA) is 58.1 Å². The lowest BCUT2D eigenvalue weighted by Gasteiger charge is -2.16. The van der Waals surface area contributed by atoms with E-state index in [0.29, 0.717) is 6.54 Å². The largest absolute Gasteiger partial charge is 0.416 e. The number of aromatic nitrogens is 2. The average molecular weight is 384 g/mol. The first-order chi connectivity index (χ1) is 13.4. The van der Waals surface area contributed by atoms with Gasteiger partial charge in [-0.05, 0) is 36.2 Å². The molecule has 1 amide bonds. The van der Waals surface area contributed by atoms with Gasteiger partial charge in [-0.1, -0.05) is 24.3 Å². The summed E-state index contributed by atoms with van der Waals surface area (Å²) in [5, 5.41) is 2.77. The lowest BCUT2D eigenvalue weighted by atomic mass is 10.2. The van der Waals surface area contributed by atoms with Crippen LogP contribution in [0.3, 0.4) is 0 Å². The van der Waals surface area contributed by atoms with Gasteiger partial charge in [0.25, 0.3) is 5.91 Å². The number of halogens is 3. The number of nitrogens with zero attached hydrogens (tertiary/aromatic N) is 3. The number of fused-ring (bicyclic) bond motifs is 1. The van der Waals surface area contributed by atoms with Crippen molar-refractivity contribution in [2.75, 3.05) is 16.8 Å². The fraction of sp³-hybridized carbons (Fsp3) is 0.150. The molecule has 28 heavy (non-hydrogen) atoms. The maximum absolute atomic E-state index is 12.8. The first kappa shape index (κ1) is 18.0. The number of para-hydroxylation sites is 1. The minimum absolute atomic E-state index is 0.172. The molecule has 1 aromatic heterocycles. The molecular weight excluding hydrogens is 369 g/mol. The van der Waals surface area contributed by atoms with Crippen LogP contribution in [0.5, 0.6) is 0 Å². The Labute approximate surface area is 158 Å². The summed E-state index contributed by atoms with van der Waals surface area (Å²) in [5.41, 5.74) is 1.61. The number of hydrogen-bond donors (Lipinski definition) is 1. The van der Waals surface area contributed by atoms with E-state index in [-0.39, 0.29) is 23.1 Å². The summed E-state index contributed by atoms with van der Waals surface area (Å²) in [7, 11) is 0. The van der Waals surface area contributed by atoms with Crippen molar-refractivity contribution in [1.82, 2.24) is 9.97 Å². The van der Waals surface area contributed by atoms with Gasteiger partial charge in [0.15, 0.2) is 0 Å². The van der Waals surface area contributed by atoms with Crippen LogP contribution in [0.2, 0.25) is 0 Å². The fourth-order valence-corrected chi connectivity index (χ4v) is 3.11. The Hall–Kier alpha value is -3.42. The van der Waals surface area contributed by atoms with Gasteiger partial charge in [-0.2, -0.15) is 13.2 Å². The molecule has 0 unspecified atom stereocenters. The summed E-state index contributed by atoms with van der Waals surface area (Å²) >= 11 is 0. The van der Waals surface area contributed by atoms with Crippen molar-refractivity contribution in [3.8, 4) is 0 Å². The van der Waals surface area contributed by atoms with Gasteiger partial charge >= 0.3 is 6.18 Å². The van der Waals surface area contributed by atoms with Crippen LogP contribution in [-0.4, -0.2) is 22.4 Å². The number of alkyl halides is 3. The van der Waals surface area contributed by atoms with Gasteiger partial charge in [0.2, 0.25) is 0 Å². The van der Waals surface area contributed by atoms with Crippen LogP contribution in [0, 0.1) is 0 Å². The lowest BCUT2D eigenvalue weighted by Crippen LogP contribution is -2.29. The maximum atomic E-state index is 12.8. The second-order valence-corrected chi connectivity index (χ2v) is 6.33. The molecule has 0 bridgehead atoms. The molecule has 0 aliphatic carbocycles. The zero-order valence-corrected chi connectivity index (χ0v) is 14.6. The Bertz CT molecular complexity index is 1020. The molecule has 1 aliphatic rings. The molecule has 0 saturated heterocycles. The van der Waals surface area contributed by atoms with E-state index in [1.807, 2.05) is 24.3 Å². The summed E-state index contributed by atoms with van der Waals surface area (Å²) in [6.07, 6.45) is -0.995. The normalized spacial score (nSPS) is 13.3. The lowest BCUT2D eigenvalue weighted by molar-refractivity contribution is -0.137. The van der Waals surface area contributed by atoms with Crippen molar-refractivity contribution in [3.05, 3.63) is 77.7 Å². The van der Waals surface area contributed by atoms with Gasteiger partial charge in [0, 0.05) is 17.9 Å². The summed E-state index contributed by atoms with van der Waals surface area (Å²) in [6.45, 7) is 0.574. The molecule has 4 rings (SSSR count). The Morgan fingerprint density at radius 2 is 1.86 bits per heavy atom. The monoisotopic (exact) mass is 384 g/mol. The molecule has 2 heterocycles. The molecular formula is C20H15F3N4O. The second-order valence-electron chi connectivity index (χ2n) is 6.33. The molecule has 0 fully saturated rings. The van der Waals surface area contributed by atoms with Crippen molar-refractivity contribution in [2.24, 2.45) is 0 Å². The van der Waals surface area contributed by atoms with E-state index < -0.39 is 11.7 Å². The van der Waals surface area contributed by atoms with E-state index in [1.165, 1.54) is 24.5 Å².